The van der Waals surface area contributed by atoms with Crippen molar-refractivity contribution in [3.05, 3.63) is 60.2 Å². The number of benzene rings is 2. The number of rotatable bonds is 2. The molecule has 1 unspecified atom stereocenters. The SMILES string of the molecule is O=C(NC1Nc2ccccc2NC1=O)c1ccccc1. The van der Waals surface area contributed by atoms with Gasteiger partial charge in [-0.05, 0) is 24.3 Å². The molecule has 0 aromatic heterocycles. The molecular weight excluding hydrogens is 254 g/mol. The molecule has 0 spiro atoms. The summed E-state index contributed by atoms with van der Waals surface area (Å²) >= 11 is 0. The van der Waals surface area contributed by atoms with E-state index in [9.17, 15) is 9.59 Å². The van der Waals surface area contributed by atoms with E-state index in [1.54, 1.807) is 30.3 Å². The van der Waals surface area contributed by atoms with E-state index in [-0.39, 0.29) is 11.8 Å². The molecule has 5 nitrogen and oxygen atoms in total. The third-order valence-corrected chi connectivity index (χ3v) is 3.06. The first kappa shape index (κ1) is 12.2. The summed E-state index contributed by atoms with van der Waals surface area (Å²) in [6.45, 7) is 0. The number of anilines is 2. The average molecular weight is 267 g/mol. The Labute approximate surface area is 116 Å². The summed E-state index contributed by atoms with van der Waals surface area (Å²) in [6, 6.07) is 16.1. The Morgan fingerprint density at radius 1 is 0.950 bits per heavy atom. The molecule has 0 saturated heterocycles. The third-order valence-electron chi connectivity index (χ3n) is 3.06. The largest absolute Gasteiger partial charge is 0.356 e. The van der Waals surface area contributed by atoms with Gasteiger partial charge in [0, 0.05) is 5.56 Å². The van der Waals surface area contributed by atoms with Crippen molar-refractivity contribution < 1.29 is 9.59 Å². The van der Waals surface area contributed by atoms with Gasteiger partial charge in [-0.3, -0.25) is 9.59 Å². The van der Waals surface area contributed by atoms with Crippen molar-refractivity contribution in [3.63, 3.8) is 0 Å². The second kappa shape index (κ2) is 5.05. The monoisotopic (exact) mass is 267 g/mol. The molecule has 0 saturated carbocycles. The molecule has 1 atom stereocenters. The lowest BCUT2D eigenvalue weighted by Crippen LogP contribution is -2.51. The quantitative estimate of drug-likeness (QED) is 0.777. The van der Waals surface area contributed by atoms with E-state index in [0.29, 0.717) is 11.3 Å². The fourth-order valence-electron chi connectivity index (χ4n) is 2.05. The molecule has 3 N–H and O–H groups in total. The van der Waals surface area contributed by atoms with Crippen molar-refractivity contribution in [3.8, 4) is 0 Å². The predicted octanol–water partition coefficient (Wildman–Crippen LogP) is 1.81. The molecule has 0 aliphatic carbocycles. The minimum atomic E-state index is -0.780. The third kappa shape index (κ3) is 2.33. The van der Waals surface area contributed by atoms with Crippen LogP contribution in [0.2, 0.25) is 0 Å². The molecule has 0 bridgehead atoms. The number of amides is 2. The van der Waals surface area contributed by atoms with Crippen LogP contribution in [0.15, 0.2) is 54.6 Å². The molecule has 2 amide bonds. The van der Waals surface area contributed by atoms with Gasteiger partial charge in [0.1, 0.15) is 0 Å². The maximum Gasteiger partial charge on any atom is 0.267 e. The zero-order valence-electron chi connectivity index (χ0n) is 10.6. The highest BCUT2D eigenvalue weighted by atomic mass is 16.2. The second-order valence-electron chi connectivity index (χ2n) is 4.45. The van der Waals surface area contributed by atoms with Crippen molar-refractivity contribution >= 4 is 23.2 Å². The van der Waals surface area contributed by atoms with Gasteiger partial charge in [0.05, 0.1) is 11.4 Å². The van der Waals surface area contributed by atoms with Gasteiger partial charge in [0.25, 0.3) is 11.8 Å². The van der Waals surface area contributed by atoms with Crippen molar-refractivity contribution in [1.29, 1.82) is 0 Å². The minimum Gasteiger partial charge on any atom is -0.356 e. The van der Waals surface area contributed by atoms with E-state index >= 15 is 0 Å². The van der Waals surface area contributed by atoms with Crippen LogP contribution in [-0.2, 0) is 4.79 Å². The lowest BCUT2D eigenvalue weighted by atomic mass is 10.2. The van der Waals surface area contributed by atoms with E-state index in [2.05, 4.69) is 16.0 Å². The molecule has 2 aromatic rings. The number of hydrogen-bond donors (Lipinski definition) is 3. The van der Waals surface area contributed by atoms with Gasteiger partial charge in [0.15, 0.2) is 6.17 Å². The first-order valence-electron chi connectivity index (χ1n) is 6.26. The number of hydrogen-bond acceptors (Lipinski definition) is 3. The highest BCUT2D eigenvalue weighted by Gasteiger charge is 2.26. The average Bonchev–Trinajstić information content (AvgIpc) is 2.49. The van der Waals surface area contributed by atoms with Gasteiger partial charge in [-0.25, -0.2) is 0 Å². The van der Waals surface area contributed by atoms with Gasteiger partial charge in [0.2, 0.25) is 0 Å². The van der Waals surface area contributed by atoms with E-state index in [1.165, 1.54) is 0 Å². The van der Waals surface area contributed by atoms with Crippen LogP contribution in [0.3, 0.4) is 0 Å². The standard InChI is InChI=1S/C15H13N3O2/c19-14(10-6-2-1-3-7-10)18-13-15(20)17-12-9-5-4-8-11(12)16-13/h1-9,13,16H,(H,17,20)(H,18,19). The van der Waals surface area contributed by atoms with Crippen molar-refractivity contribution in [2.45, 2.75) is 6.17 Å². The molecule has 0 radical (unpaired) electrons. The molecule has 2 aromatic carbocycles. The molecule has 1 aliphatic heterocycles. The van der Waals surface area contributed by atoms with E-state index < -0.39 is 6.17 Å². The first-order chi connectivity index (χ1) is 9.74. The predicted molar refractivity (Wildman–Crippen MR) is 76.4 cm³/mol. The summed E-state index contributed by atoms with van der Waals surface area (Å²) in [4.78, 5) is 24.0. The van der Waals surface area contributed by atoms with E-state index in [4.69, 9.17) is 0 Å². The molecular formula is C15H13N3O2. The Balaban J connectivity index is 1.76. The molecule has 5 heteroatoms. The van der Waals surface area contributed by atoms with Crippen LogP contribution >= 0.6 is 0 Å². The maximum absolute atomic E-state index is 12.0. The van der Waals surface area contributed by atoms with Crippen LogP contribution in [0, 0.1) is 0 Å². The van der Waals surface area contributed by atoms with Gasteiger partial charge < -0.3 is 16.0 Å². The Morgan fingerprint density at radius 2 is 1.60 bits per heavy atom. The lowest BCUT2D eigenvalue weighted by molar-refractivity contribution is -0.117. The van der Waals surface area contributed by atoms with Crippen LogP contribution in [0.5, 0.6) is 0 Å². The molecule has 1 heterocycles. The van der Waals surface area contributed by atoms with Gasteiger partial charge in [-0.1, -0.05) is 30.3 Å². The smallest absolute Gasteiger partial charge is 0.267 e. The van der Waals surface area contributed by atoms with E-state index in [0.717, 1.165) is 5.69 Å². The Kier molecular flexibility index (Phi) is 3.09. The molecule has 20 heavy (non-hydrogen) atoms. The summed E-state index contributed by atoms with van der Waals surface area (Å²) in [7, 11) is 0. The fraction of sp³-hybridized carbons (Fsp3) is 0.0667. The molecule has 1 aliphatic rings. The molecule has 100 valence electrons. The maximum atomic E-state index is 12.0. The van der Waals surface area contributed by atoms with Gasteiger partial charge in [-0.15, -0.1) is 0 Å². The lowest BCUT2D eigenvalue weighted by Gasteiger charge is -2.27. The Morgan fingerprint density at radius 3 is 2.35 bits per heavy atom. The zero-order valence-corrected chi connectivity index (χ0v) is 10.6. The highest BCUT2D eigenvalue weighted by molar-refractivity contribution is 6.06. The van der Waals surface area contributed by atoms with Crippen LogP contribution in [0.1, 0.15) is 10.4 Å². The summed E-state index contributed by atoms with van der Waals surface area (Å²) < 4.78 is 0. The number of carbonyl (C=O) groups excluding carboxylic acids is 2. The first-order valence-corrected chi connectivity index (χ1v) is 6.26. The fourth-order valence-corrected chi connectivity index (χ4v) is 2.05. The van der Waals surface area contributed by atoms with Crippen molar-refractivity contribution in [2.24, 2.45) is 0 Å². The number of nitrogens with one attached hydrogen (secondary N) is 3. The normalized spacial score (nSPS) is 16.6. The summed E-state index contributed by atoms with van der Waals surface area (Å²) in [6.07, 6.45) is -0.780. The number of para-hydroxylation sites is 2. The highest BCUT2D eigenvalue weighted by Crippen LogP contribution is 2.25. The Hall–Kier alpha value is -2.82. The summed E-state index contributed by atoms with van der Waals surface area (Å²) in [5.74, 6) is -0.578. The van der Waals surface area contributed by atoms with Gasteiger partial charge >= 0.3 is 0 Å². The van der Waals surface area contributed by atoms with Gasteiger partial charge in [-0.2, -0.15) is 0 Å². The van der Waals surface area contributed by atoms with Crippen LogP contribution < -0.4 is 16.0 Å². The summed E-state index contributed by atoms with van der Waals surface area (Å²) in [5, 5.41) is 8.42. The number of fused-ring (bicyclic) bond motifs is 1. The van der Waals surface area contributed by atoms with Crippen molar-refractivity contribution in [1.82, 2.24) is 5.32 Å². The van der Waals surface area contributed by atoms with Crippen molar-refractivity contribution in [2.75, 3.05) is 10.6 Å². The minimum absolute atomic E-state index is 0.284. The van der Waals surface area contributed by atoms with E-state index in [1.807, 2.05) is 24.3 Å². The van der Waals surface area contributed by atoms with Crippen LogP contribution in [0.25, 0.3) is 0 Å². The molecule has 0 fully saturated rings. The Bertz CT molecular complexity index is 655. The number of carbonyl (C=O) groups is 2. The van der Waals surface area contributed by atoms with Crippen LogP contribution in [0.4, 0.5) is 11.4 Å². The topological polar surface area (TPSA) is 70.2 Å². The molecule has 3 rings (SSSR count). The zero-order chi connectivity index (χ0) is 13.9. The summed E-state index contributed by atoms with van der Waals surface area (Å²) in [5.41, 5.74) is 2.01. The van der Waals surface area contributed by atoms with Crippen LogP contribution in [-0.4, -0.2) is 18.0 Å². The second-order valence-corrected chi connectivity index (χ2v) is 4.45.